The molecule has 2 rings (SSSR count). The zero-order valence-corrected chi connectivity index (χ0v) is 9.58. The third kappa shape index (κ3) is 2.73. The Morgan fingerprint density at radius 3 is 2.44 bits per heavy atom. The minimum Gasteiger partial charge on any atom is -0.461 e. The van der Waals surface area contributed by atoms with E-state index in [1.165, 1.54) is 12.3 Å². The molecule has 1 aromatic carbocycles. The quantitative estimate of drug-likeness (QED) is 0.818. The van der Waals surface area contributed by atoms with Crippen LogP contribution in [-0.2, 0) is 0 Å². The van der Waals surface area contributed by atoms with Gasteiger partial charge in [0.2, 0.25) is 5.78 Å². The Labute approximate surface area is 104 Å². The SMILES string of the molecule is O=C(C[C@H](O)C(=O)c1ccco1)c1ccccc1. The molecule has 92 valence electrons. The molecule has 1 heterocycles. The van der Waals surface area contributed by atoms with Crippen LogP contribution in [0.4, 0.5) is 0 Å². The number of hydrogen-bond acceptors (Lipinski definition) is 4. The Morgan fingerprint density at radius 1 is 1.11 bits per heavy atom. The topological polar surface area (TPSA) is 67.5 Å². The van der Waals surface area contributed by atoms with Crippen LogP contribution in [0.5, 0.6) is 0 Å². The van der Waals surface area contributed by atoms with E-state index in [4.69, 9.17) is 4.42 Å². The molecule has 0 saturated heterocycles. The van der Waals surface area contributed by atoms with Crippen molar-refractivity contribution in [1.82, 2.24) is 0 Å². The van der Waals surface area contributed by atoms with Crippen LogP contribution in [-0.4, -0.2) is 22.8 Å². The highest BCUT2D eigenvalue weighted by Gasteiger charge is 2.22. The summed E-state index contributed by atoms with van der Waals surface area (Å²) in [6.45, 7) is 0. The van der Waals surface area contributed by atoms with E-state index in [9.17, 15) is 14.7 Å². The molecular weight excluding hydrogens is 232 g/mol. The highest BCUT2D eigenvalue weighted by atomic mass is 16.3. The first kappa shape index (κ1) is 12.3. The summed E-state index contributed by atoms with van der Waals surface area (Å²) >= 11 is 0. The Balaban J connectivity index is 2.02. The lowest BCUT2D eigenvalue weighted by Crippen LogP contribution is -2.23. The molecule has 18 heavy (non-hydrogen) atoms. The van der Waals surface area contributed by atoms with Crippen molar-refractivity contribution in [3.05, 3.63) is 60.1 Å². The number of benzene rings is 1. The van der Waals surface area contributed by atoms with Gasteiger partial charge in [-0.25, -0.2) is 0 Å². The minimum atomic E-state index is -1.37. The number of Topliss-reactive ketones (excluding diaryl/α,β-unsaturated/α-hetero) is 2. The van der Waals surface area contributed by atoms with Crippen LogP contribution in [0.1, 0.15) is 27.3 Å². The van der Waals surface area contributed by atoms with E-state index < -0.39 is 11.9 Å². The van der Waals surface area contributed by atoms with Crippen LogP contribution in [0.2, 0.25) is 0 Å². The summed E-state index contributed by atoms with van der Waals surface area (Å²) in [6, 6.07) is 11.6. The molecule has 4 heteroatoms. The molecule has 0 spiro atoms. The Hall–Kier alpha value is -2.20. The van der Waals surface area contributed by atoms with Crippen LogP contribution in [0.25, 0.3) is 0 Å². The van der Waals surface area contributed by atoms with E-state index >= 15 is 0 Å². The van der Waals surface area contributed by atoms with Crippen LogP contribution >= 0.6 is 0 Å². The zero-order valence-electron chi connectivity index (χ0n) is 9.58. The fraction of sp³-hybridized carbons (Fsp3) is 0.143. The van der Waals surface area contributed by atoms with Gasteiger partial charge in [0.15, 0.2) is 11.5 Å². The molecule has 0 unspecified atom stereocenters. The van der Waals surface area contributed by atoms with Gasteiger partial charge in [-0.3, -0.25) is 9.59 Å². The summed E-state index contributed by atoms with van der Waals surface area (Å²) in [6.07, 6.45) is -0.272. The molecule has 0 saturated carbocycles. The second-order valence-electron chi connectivity index (χ2n) is 3.85. The number of aliphatic hydroxyl groups excluding tert-OH is 1. The maximum atomic E-state index is 11.8. The minimum absolute atomic E-state index is 0.0587. The predicted molar refractivity (Wildman–Crippen MR) is 64.4 cm³/mol. The summed E-state index contributed by atoms with van der Waals surface area (Å²) in [7, 11) is 0. The Morgan fingerprint density at radius 2 is 1.83 bits per heavy atom. The van der Waals surface area contributed by atoms with Gasteiger partial charge in [-0.05, 0) is 12.1 Å². The van der Waals surface area contributed by atoms with E-state index in [0.717, 1.165) is 0 Å². The molecule has 0 aliphatic carbocycles. The zero-order chi connectivity index (χ0) is 13.0. The van der Waals surface area contributed by atoms with Crippen molar-refractivity contribution in [1.29, 1.82) is 0 Å². The Bertz CT molecular complexity index is 528. The van der Waals surface area contributed by atoms with Crippen LogP contribution < -0.4 is 0 Å². The third-order valence-corrected chi connectivity index (χ3v) is 2.54. The van der Waals surface area contributed by atoms with Crippen molar-refractivity contribution >= 4 is 11.6 Å². The number of hydrogen-bond donors (Lipinski definition) is 1. The van der Waals surface area contributed by atoms with E-state index in [0.29, 0.717) is 5.56 Å². The van der Waals surface area contributed by atoms with Gasteiger partial charge in [-0.15, -0.1) is 0 Å². The number of rotatable bonds is 5. The van der Waals surface area contributed by atoms with Crippen molar-refractivity contribution in [2.45, 2.75) is 12.5 Å². The van der Waals surface area contributed by atoms with Crippen molar-refractivity contribution in [3.8, 4) is 0 Å². The third-order valence-electron chi connectivity index (χ3n) is 2.54. The fourth-order valence-electron chi connectivity index (χ4n) is 1.59. The number of carbonyl (C=O) groups is 2. The van der Waals surface area contributed by atoms with E-state index in [-0.39, 0.29) is 18.0 Å². The van der Waals surface area contributed by atoms with Gasteiger partial charge in [-0.1, -0.05) is 30.3 Å². The van der Waals surface area contributed by atoms with Crippen molar-refractivity contribution in [3.63, 3.8) is 0 Å². The lowest BCUT2D eigenvalue weighted by Gasteiger charge is -2.06. The van der Waals surface area contributed by atoms with Gasteiger partial charge in [0.1, 0.15) is 6.10 Å². The van der Waals surface area contributed by atoms with Gasteiger partial charge < -0.3 is 9.52 Å². The number of ketones is 2. The van der Waals surface area contributed by atoms with Crippen molar-refractivity contribution < 1.29 is 19.1 Å². The van der Waals surface area contributed by atoms with E-state index in [2.05, 4.69) is 0 Å². The molecule has 0 aliphatic heterocycles. The summed E-state index contributed by atoms with van der Waals surface area (Å²) in [5.74, 6) is -0.796. The molecule has 0 bridgehead atoms. The van der Waals surface area contributed by atoms with Crippen LogP contribution in [0.3, 0.4) is 0 Å². The van der Waals surface area contributed by atoms with E-state index in [1.807, 2.05) is 0 Å². The maximum absolute atomic E-state index is 11.8. The first-order valence-corrected chi connectivity index (χ1v) is 5.52. The van der Waals surface area contributed by atoms with Crippen molar-refractivity contribution in [2.24, 2.45) is 0 Å². The van der Waals surface area contributed by atoms with Crippen molar-refractivity contribution in [2.75, 3.05) is 0 Å². The molecule has 1 aromatic heterocycles. The monoisotopic (exact) mass is 244 g/mol. The molecule has 0 radical (unpaired) electrons. The number of aliphatic hydroxyl groups is 1. The van der Waals surface area contributed by atoms with Gasteiger partial charge in [0.25, 0.3) is 0 Å². The normalized spacial score (nSPS) is 12.1. The Kier molecular flexibility index (Phi) is 3.69. The summed E-state index contributed by atoms with van der Waals surface area (Å²) < 4.78 is 4.88. The molecule has 0 aliphatic rings. The summed E-state index contributed by atoms with van der Waals surface area (Å²) in [5.41, 5.74) is 0.476. The standard InChI is InChI=1S/C14H12O4/c15-11(10-5-2-1-3-6-10)9-12(16)14(17)13-7-4-8-18-13/h1-8,12,16H,9H2/t12-/m0/s1. The largest absolute Gasteiger partial charge is 0.461 e. The van der Waals surface area contributed by atoms with Gasteiger partial charge in [0.05, 0.1) is 6.26 Å². The van der Waals surface area contributed by atoms with Crippen LogP contribution in [0.15, 0.2) is 53.1 Å². The molecule has 4 nitrogen and oxygen atoms in total. The van der Waals surface area contributed by atoms with Gasteiger partial charge >= 0.3 is 0 Å². The summed E-state index contributed by atoms with van der Waals surface area (Å²) in [5, 5.41) is 9.69. The second-order valence-corrected chi connectivity index (χ2v) is 3.85. The highest BCUT2D eigenvalue weighted by Crippen LogP contribution is 2.10. The lowest BCUT2D eigenvalue weighted by molar-refractivity contribution is 0.0658. The first-order chi connectivity index (χ1) is 8.68. The molecule has 1 N–H and O–H groups in total. The van der Waals surface area contributed by atoms with Gasteiger partial charge in [-0.2, -0.15) is 0 Å². The average Bonchev–Trinajstić information content (AvgIpc) is 2.92. The first-order valence-electron chi connectivity index (χ1n) is 5.52. The second kappa shape index (κ2) is 5.42. The molecule has 2 aromatic rings. The molecule has 1 atom stereocenters. The smallest absolute Gasteiger partial charge is 0.226 e. The summed E-state index contributed by atoms with van der Waals surface area (Å²) in [4.78, 5) is 23.5. The predicted octanol–water partition coefficient (Wildman–Crippen LogP) is 2.10. The number of furan rings is 1. The highest BCUT2D eigenvalue weighted by molar-refractivity contribution is 6.03. The maximum Gasteiger partial charge on any atom is 0.226 e. The molecule has 0 fully saturated rings. The van der Waals surface area contributed by atoms with Crippen LogP contribution in [0, 0.1) is 0 Å². The lowest BCUT2D eigenvalue weighted by atomic mass is 10.0. The number of carbonyl (C=O) groups excluding carboxylic acids is 2. The fourth-order valence-corrected chi connectivity index (χ4v) is 1.59. The molecule has 0 amide bonds. The average molecular weight is 244 g/mol. The van der Waals surface area contributed by atoms with E-state index in [1.54, 1.807) is 36.4 Å². The van der Waals surface area contributed by atoms with Gasteiger partial charge in [0, 0.05) is 12.0 Å². The molecular formula is C14H12O4.